The van der Waals surface area contributed by atoms with E-state index in [1.54, 1.807) is 6.21 Å². The van der Waals surface area contributed by atoms with Crippen molar-refractivity contribution in [2.45, 2.75) is 19.8 Å². The number of para-hydroxylation sites is 2. The van der Waals surface area contributed by atoms with Gasteiger partial charge in [-0.3, -0.25) is 4.79 Å². The van der Waals surface area contributed by atoms with Crippen LogP contribution in [0.3, 0.4) is 0 Å². The highest BCUT2D eigenvalue weighted by Gasteiger charge is 2.23. The molecule has 3 N–H and O–H groups in total. The third kappa shape index (κ3) is 4.75. The second-order valence-electron chi connectivity index (χ2n) is 8.46. The molecule has 0 saturated heterocycles. The van der Waals surface area contributed by atoms with Gasteiger partial charge in [0.1, 0.15) is 16.9 Å². The molecule has 2 aromatic heterocycles. The predicted octanol–water partition coefficient (Wildman–Crippen LogP) is 4.72. The predicted molar refractivity (Wildman–Crippen MR) is 141 cm³/mol. The molecule has 7 heteroatoms. The zero-order valence-corrected chi connectivity index (χ0v) is 19.5. The summed E-state index contributed by atoms with van der Waals surface area (Å²) >= 11 is 0. The number of nitrogens with zero attached hydrogens (tertiary/aromatic N) is 4. The van der Waals surface area contributed by atoms with E-state index < -0.39 is 0 Å². The molecule has 0 aliphatic rings. The maximum Gasteiger partial charge on any atom is 0.257 e. The summed E-state index contributed by atoms with van der Waals surface area (Å²) < 4.78 is 1.49. The summed E-state index contributed by atoms with van der Waals surface area (Å²) in [5.41, 5.74) is 12.4. The molecule has 0 aliphatic carbocycles. The number of carbonyl (C=O) groups is 1. The van der Waals surface area contributed by atoms with E-state index in [1.807, 2.05) is 73.7 Å². The van der Waals surface area contributed by atoms with Gasteiger partial charge in [-0.2, -0.15) is 9.78 Å². The normalized spacial score (nSPS) is 11.5. The lowest BCUT2D eigenvalue weighted by molar-refractivity contribution is 0.0955. The minimum atomic E-state index is -0.283. The number of fused-ring (bicyclic) bond motifs is 2. The number of nitrogens with one attached hydrogen (secondary N) is 1. The Morgan fingerprint density at radius 1 is 0.971 bits per heavy atom. The molecule has 0 saturated carbocycles. The minimum Gasteiger partial charge on any atom is -0.383 e. The van der Waals surface area contributed by atoms with Crippen molar-refractivity contribution >= 4 is 40.1 Å². The van der Waals surface area contributed by atoms with Crippen LogP contribution in [-0.2, 0) is 6.42 Å². The average Bonchev–Trinajstić information content (AvgIpc) is 3.15. The van der Waals surface area contributed by atoms with Gasteiger partial charge in [0.25, 0.3) is 5.91 Å². The number of hydrogen-bond donors (Lipinski definition) is 2. The van der Waals surface area contributed by atoms with Crippen molar-refractivity contribution in [1.29, 1.82) is 0 Å². The Bertz CT molecular complexity index is 1520. The van der Waals surface area contributed by atoms with Crippen LogP contribution < -0.4 is 11.1 Å². The summed E-state index contributed by atoms with van der Waals surface area (Å²) in [5, 5.41) is 7.56. The summed E-state index contributed by atoms with van der Waals surface area (Å²) in [7, 11) is 0. The van der Waals surface area contributed by atoms with Crippen molar-refractivity contribution in [2.75, 3.05) is 12.3 Å². The second kappa shape index (κ2) is 9.77. The molecule has 5 aromatic rings. The lowest BCUT2D eigenvalue weighted by Crippen LogP contribution is -2.25. The van der Waals surface area contributed by atoms with Gasteiger partial charge in [-0.05, 0) is 43.0 Å². The lowest BCUT2D eigenvalue weighted by atomic mass is 10.1. The maximum atomic E-state index is 13.2. The third-order valence-electron chi connectivity index (χ3n) is 5.87. The second-order valence-corrected chi connectivity index (χ2v) is 8.46. The molecule has 0 radical (unpaired) electrons. The van der Waals surface area contributed by atoms with Crippen molar-refractivity contribution in [1.82, 2.24) is 20.0 Å². The third-order valence-corrected chi connectivity index (χ3v) is 5.87. The van der Waals surface area contributed by atoms with Gasteiger partial charge < -0.3 is 11.1 Å². The molecule has 0 aliphatic heterocycles. The van der Waals surface area contributed by atoms with Crippen LogP contribution in [0.5, 0.6) is 0 Å². The summed E-state index contributed by atoms with van der Waals surface area (Å²) in [6.07, 6.45) is 3.39. The van der Waals surface area contributed by atoms with E-state index in [0.717, 1.165) is 24.0 Å². The first-order chi connectivity index (χ1) is 17.1. The molecule has 0 unspecified atom stereocenters. The molecule has 5 rings (SSSR count). The van der Waals surface area contributed by atoms with Gasteiger partial charge >= 0.3 is 0 Å². The van der Waals surface area contributed by atoms with E-state index in [1.165, 1.54) is 10.2 Å². The number of benzene rings is 3. The fourth-order valence-electron chi connectivity index (χ4n) is 3.99. The first kappa shape index (κ1) is 22.3. The van der Waals surface area contributed by atoms with E-state index >= 15 is 0 Å². The fraction of sp³-hybridized carbons (Fsp3) is 0.143. The van der Waals surface area contributed by atoms with E-state index in [2.05, 4.69) is 22.6 Å². The van der Waals surface area contributed by atoms with Gasteiger partial charge in [0.2, 0.25) is 0 Å². The molecule has 2 heterocycles. The topological polar surface area (TPSA) is 98.2 Å². The number of aromatic nitrogens is 3. The monoisotopic (exact) mass is 462 g/mol. The van der Waals surface area contributed by atoms with Gasteiger partial charge in [-0.15, -0.1) is 0 Å². The summed E-state index contributed by atoms with van der Waals surface area (Å²) in [6.45, 7) is 2.55. The van der Waals surface area contributed by atoms with Crippen molar-refractivity contribution in [2.24, 2.45) is 5.10 Å². The number of anilines is 1. The molecule has 0 atom stereocenters. The summed E-state index contributed by atoms with van der Waals surface area (Å²) in [4.78, 5) is 22.7. The Morgan fingerprint density at radius 3 is 2.40 bits per heavy atom. The summed E-state index contributed by atoms with van der Waals surface area (Å²) in [6, 6.07) is 25.7. The average molecular weight is 463 g/mol. The molecule has 174 valence electrons. The molecular formula is C28H26N6O. The van der Waals surface area contributed by atoms with Crippen LogP contribution in [0.4, 0.5) is 5.82 Å². The molecule has 0 spiro atoms. The molecule has 35 heavy (non-hydrogen) atoms. The Hall–Kier alpha value is -4.52. The Balaban J connectivity index is 1.47. The number of nitrogens with two attached hydrogens (primary N) is 1. The molecule has 0 fully saturated rings. The first-order valence-corrected chi connectivity index (χ1v) is 11.6. The first-order valence-electron chi connectivity index (χ1n) is 11.6. The number of rotatable bonds is 7. The minimum absolute atomic E-state index is 0.208. The van der Waals surface area contributed by atoms with Crippen LogP contribution in [-0.4, -0.2) is 33.3 Å². The highest BCUT2D eigenvalue weighted by molar-refractivity contribution is 6.10. The van der Waals surface area contributed by atoms with E-state index in [9.17, 15) is 4.79 Å². The van der Waals surface area contributed by atoms with Gasteiger partial charge in [0.05, 0.1) is 17.2 Å². The Morgan fingerprint density at radius 2 is 1.66 bits per heavy atom. The Kier molecular flexibility index (Phi) is 6.22. The van der Waals surface area contributed by atoms with Crippen molar-refractivity contribution in [3.8, 4) is 0 Å². The SMILES string of the molecule is Cc1ccc(/C=N/n2c(N)c(C(=O)NCCCc3ccccc3)c3nc4ccccc4nc32)cc1. The molecule has 7 nitrogen and oxygen atoms in total. The van der Waals surface area contributed by atoms with Gasteiger partial charge in [0, 0.05) is 6.54 Å². The van der Waals surface area contributed by atoms with Crippen LogP contribution in [0.1, 0.15) is 33.5 Å². The van der Waals surface area contributed by atoms with E-state index in [4.69, 9.17) is 15.7 Å². The van der Waals surface area contributed by atoms with Gasteiger partial charge in [-0.1, -0.05) is 72.3 Å². The number of amides is 1. The number of nitrogen functional groups attached to an aromatic ring is 1. The number of carbonyl (C=O) groups excluding carboxylic acids is 1. The van der Waals surface area contributed by atoms with E-state index in [-0.39, 0.29) is 11.7 Å². The maximum absolute atomic E-state index is 13.2. The largest absolute Gasteiger partial charge is 0.383 e. The van der Waals surface area contributed by atoms with Crippen LogP contribution in [0.2, 0.25) is 0 Å². The quantitative estimate of drug-likeness (QED) is 0.270. The lowest BCUT2D eigenvalue weighted by Gasteiger charge is -2.06. The zero-order chi connectivity index (χ0) is 24.2. The van der Waals surface area contributed by atoms with Crippen molar-refractivity contribution in [3.63, 3.8) is 0 Å². The standard InChI is InChI=1S/C28H26N6O/c1-19-13-15-21(16-14-19)18-31-34-26(29)24(25-27(34)33-23-12-6-5-11-22(23)32-25)28(35)30-17-7-10-20-8-3-2-4-9-20/h2-6,8-9,11-16,18H,7,10,17,29H2,1H3,(H,30,35)/b31-18+. The Labute approximate surface area is 203 Å². The summed E-state index contributed by atoms with van der Waals surface area (Å²) in [5.74, 6) is -0.0753. The fourth-order valence-corrected chi connectivity index (χ4v) is 3.99. The molecule has 3 aromatic carbocycles. The highest BCUT2D eigenvalue weighted by atomic mass is 16.1. The zero-order valence-electron chi connectivity index (χ0n) is 19.5. The molecular weight excluding hydrogens is 436 g/mol. The van der Waals surface area contributed by atoms with Crippen molar-refractivity contribution in [3.05, 3.63) is 101 Å². The van der Waals surface area contributed by atoms with Gasteiger partial charge in [0.15, 0.2) is 5.65 Å². The van der Waals surface area contributed by atoms with Crippen LogP contribution >= 0.6 is 0 Å². The van der Waals surface area contributed by atoms with Crippen molar-refractivity contribution < 1.29 is 4.79 Å². The molecule has 1 amide bonds. The highest BCUT2D eigenvalue weighted by Crippen LogP contribution is 2.27. The van der Waals surface area contributed by atoms with Crippen LogP contribution in [0, 0.1) is 6.92 Å². The van der Waals surface area contributed by atoms with Gasteiger partial charge in [-0.25, -0.2) is 9.97 Å². The van der Waals surface area contributed by atoms with E-state index in [0.29, 0.717) is 34.3 Å². The number of hydrogen-bond acceptors (Lipinski definition) is 5. The number of aryl methyl sites for hydroxylation is 2. The van der Waals surface area contributed by atoms with Crippen LogP contribution in [0.25, 0.3) is 22.2 Å². The smallest absolute Gasteiger partial charge is 0.257 e. The van der Waals surface area contributed by atoms with Crippen LogP contribution in [0.15, 0.2) is 84.0 Å². The molecule has 0 bridgehead atoms.